The van der Waals surface area contributed by atoms with Crippen molar-refractivity contribution in [1.82, 2.24) is 5.32 Å². The van der Waals surface area contributed by atoms with Gasteiger partial charge < -0.3 is 19.2 Å². The molecule has 6 heteroatoms. The molecule has 3 rings (SSSR count). The third-order valence-corrected chi connectivity index (χ3v) is 5.28. The molecular formula is C20H24BrNO4. The predicted octanol–water partition coefficient (Wildman–Crippen LogP) is 3.81. The van der Waals surface area contributed by atoms with Crippen molar-refractivity contribution < 1.29 is 18.7 Å². The van der Waals surface area contributed by atoms with E-state index in [1.54, 1.807) is 6.26 Å². The van der Waals surface area contributed by atoms with Crippen LogP contribution in [0.5, 0.6) is 0 Å². The number of hydrogen-bond acceptors (Lipinski definition) is 4. The van der Waals surface area contributed by atoms with Crippen molar-refractivity contribution in [3.63, 3.8) is 0 Å². The Bertz CT molecular complexity index is 678. The third kappa shape index (κ3) is 4.75. The van der Waals surface area contributed by atoms with Gasteiger partial charge in [-0.15, -0.1) is 0 Å². The molecule has 5 nitrogen and oxygen atoms in total. The quantitative estimate of drug-likeness (QED) is 0.658. The van der Waals surface area contributed by atoms with E-state index in [0.717, 1.165) is 22.2 Å². The van der Waals surface area contributed by atoms with Crippen molar-refractivity contribution in [3.8, 4) is 0 Å². The van der Waals surface area contributed by atoms with Gasteiger partial charge >= 0.3 is 0 Å². The maximum Gasteiger partial charge on any atom is 0.230 e. The maximum absolute atomic E-state index is 13.0. The number of nitrogens with one attached hydrogen (secondary N) is 1. The Balaban J connectivity index is 1.50. The van der Waals surface area contributed by atoms with E-state index in [9.17, 15) is 4.79 Å². The van der Waals surface area contributed by atoms with Gasteiger partial charge in [-0.25, -0.2) is 0 Å². The first-order valence-corrected chi connectivity index (χ1v) is 9.72. The molecule has 1 aromatic heterocycles. The molecular weight excluding hydrogens is 398 g/mol. The molecule has 2 aromatic rings. The summed E-state index contributed by atoms with van der Waals surface area (Å²) in [5.74, 6) is 0.889. The van der Waals surface area contributed by atoms with Crippen LogP contribution in [0.4, 0.5) is 0 Å². The van der Waals surface area contributed by atoms with E-state index >= 15 is 0 Å². The summed E-state index contributed by atoms with van der Waals surface area (Å²) < 4.78 is 17.3. The van der Waals surface area contributed by atoms with E-state index in [1.165, 1.54) is 0 Å². The first-order valence-electron chi connectivity index (χ1n) is 8.93. The van der Waals surface area contributed by atoms with Crippen LogP contribution in [0.2, 0.25) is 0 Å². The Hall–Kier alpha value is -1.63. The molecule has 0 atom stereocenters. The second-order valence-corrected chi connectivity index (χ2v) is 7.36. The highest BCUT2D eigenvalue weighted by Crippen LogP contribution is 2.35. The molecule has 0 bridgehead atoms. The van der Waals surface area contributed by atoms with Crippen molar-refractivity contribution in [2.24, 2.45) is 0 Å². The van der Waals surface area contributed by atoms with Gasteiger partial charge in [0.1, 0.15) is 12.4 Å². The highest BCUT2D eigenvalue weighted by molar-refractivity contribution is 9.10. The molecule has 0 aliphatic carbocycles. The lowest BCUT2D eigenvalue weighted by Crippen LogP contribution is -2.48. The molecule has 1 saturated heterocycles. The number of furan rings is 1. The van der Waals surface area contributed by atoms with E-state index in [4.69, 9.17) is 13.9 Å². The fourth-order valence-electron chi connectivity index (χ4n) is 3.25. The Morgan fingerprint density at radius 3 is 2.65 bits per heavy atom. The number of benzene rings is 1. The standard InChI is InChI=1S/C20H24BrNO4/c21-17-6-4-16(5-7-17)20(8-13-24-14-9-20)19(23)22-10-2-11-25-15-18-3-1-12-26-18/h1,3-7,12H,2,8-11,13-15H2,(H,22,23). The minimum atomic E-state index is -0.506. The van der Waals surface area contributed by atoms with Crippen LogP contribution in [0.25, 0.3) is 0 Å². The number of halogens is 1. The number of rotatable bonds is 8. The SMILES string of the molecule is O=C(NCCCOCc1ccco1)C1(c2ccc(Br)cc2)CCOCC1. The van der Waals surface area contributed by atoms with E-state index < -0.39 is 5.41 Å². The van der Waals surface area contributed by atoms with Crippen LogP contribution in [0.3, 0.4) is 0 Å². The van der Waals surface area contributed by atoms with Crippen LogP contribution in [0, 0.1) is 0 Å². The summed E-state index contributed by atoms with van der Waals surface area (Å²) >= 11 is 3.46. The number of carbonyl (C=O) groups excluding carboxylic acids is 1. The summed E-state index contributed by atoms with van der Waals surface area (Å²) in [7, 11) is 0. The monoisotopic (exact) mass is 421 g/mol. The van der Waals surface area contributed by atoms with Crippen molar-refractivity contribution in [3.05, 3.63) is 58.5 Å². The van der Waals surface area contributed by atoms with Crippen LogP contribution in [-0.2, 0) is 26.3 Å². The first-order chi connectivity index (χ1) is 12.7. The fourth-order valence-corrected chi connectivity index (χ4v) is 3.51. The molecule has 1 aliphatic rings. The summed E-state index contributed by atoms with van der Waals surface area (Å²) in [4.78, 5) is 13.0. The van der Waals surface area contributed by atoms with E-state index in [0.29, 0.717) is 45.8 Å². The second kappa shape index (κ2) is 9.35. The van der Waals surface area contributed by atoms with Gasteiger partial charge in [-0.3, -0.25) is 4.79 Å². The number of carbonyl (C=O) groups is 1. The van der Waals surface area contributed by atoms with Gasteiger partial charge in [0.2, 0.25) is 5.91 Å². The number of amides is 1. The predicted molar refractivity (Wildman–Crippen MR) is 102 cm³/mol. The molecule has 140 valence electrons. The van der Waals surface area contributed by atoms with Crippen molar-refractivity contribution >= 4 is 21.8 Å². The van der Waals surface area contributed by atoms with Gasteiger partial charge in [-0.05, 0) is 49.1 Å². The minimum absolute atomic E-state index is 0.0779. The fraction of sp³-hybridized carbons (Fsp3) is 0.450. The lowest BCUT2D eigenvalue weighted by atomic mass is 9.73. The highest BCUT2D eigenvalue weighted by Gasteiger charge is 2.41. The summed E-state index contributed by atoms with van der Waals surface area (Å²) in [6, 6.07) is 11.8. The van der Waals surface area contributed by atoms with Crippen LogP contribution in [0.1, 0.15) is 30.6 Å². The average Bonchev–Trinajstić information content (AvgIpc) is 3.19. The topological polar surface area (TPSA) is 60.7 Å². The molecule has 2 heterocycles. The zero-order valence-corrected chi connectivity index (χ0v) is 16.3. The van der Waals surface area contributed by atoms with Gasteiger partial charge in [0, 0.05) is 30.8 Å². The Labute approximate surface area is 162 Å². The molecule has 1 aliphatic heterocycles. The molecule has 1 aromatic carbocycles. The van der Waals surface area contributed by atoms with E-state index in [-0.39, 0.29) is 5.91 Å². The summed E-state index contributed by atoms with van der Waals surface area (Å²) in [6.45, 7) is 2.85. The number of hydrogen-bond donors (Lipinski definition) is 1. The zero-order chi connectivity index (χ0) is 18.2. The second-order valence-electron chi connectivity index (χ2n) is 6.44. The van der Waals surface area contributed by atoms with Crippen molar-refractivity contribution in [2.45, 2.75) is 31.3 Å². The van der Waals surface area contributed by atoms with Crippen LogP contribution in [-0.4, -0.2) is 32.3 Å². The van der Waals surface area contributed by atoms with Gasteiger partial charge in [0.05, 0.1) is 11.7 Å². The van der Waals surface area contributed by atoms with Crippen LogP contribution in [0.15, 0.2) is 51.6 Å². The van der Waals surface area contributed by atoms with Crippen LogP contribution < -0.4 is 5.32 Å². The molecule has 0 saturated carbocycles. The largest absolute Gasteiger partial charge is 0.467 e. The molecule has 0 unspecified atom stereocenters. The van der Waals surface area contributed by atoms with Gasteiger partial charge in [0.25, 0.3) is 0 Å². The summed E-state index contributed by atoms with van der Waals surface area (Å²) in [6.07, 6.45) is 3.80. The third-order valence-electron chi connectivity index (χ3n) is 4.75. The van der Waals surface area contributed by atoms with Gasteiger partial charge in [-0.2, -0.15) is 0 Å². The molecule has 1 N–H and O–H groups in total. The normalized spacial score (nSPS) is 16.3. The van der Waals surface area contributed by atoms with E-state index in [1.807, 2.05) is 36.4 Å². The molecule has 26 heavy (non-hydrogen) atoms. The van der Waals surface area contributed by atoms with Crippen LogP contribution >= 0.6 is 15.9 Å². The zero-order valence-electron chi connectivity index (χ0n) is 14.7. The highest BCUT2D eigenvalue weighted by atomic mass is 79.9. The Morgan fingerprint density at radius 2 is 1.96 bits per heavy atom. The smallest absolute Gasteiger partial charge is 0.230 e. The molecule has 0 spiro atoms. The average molecular weight is 422 g/mol. The number of ether oxygens (including phenoxy) is 2. The minimum Gasteiger partial charge on any atom is -0.467 e. The van der Waals surface area contributed by atoms with E-state index in [2.05, 4.69) is 21.2 Å². The first kappa shape index (κ1) is 19.1. The Morgan fingerprint density at radius 1 is 1.19 bits per heavy atom. The lowest BCUT2D eigenvalue weighted by molar-refractivity contribution is -0.130. The Kier molecular flexibility index (Phi) is 6.88. The van der Waals surface area contributed by atoms with Gasteiger partial charge in [-0.1, -0.05) is 28.1 Å². The van der Waals surface area contributed by atoms with Gasteiger partial charge in [0.15, 0.2) is 0 Å². The molecule has 1 fully saturated rings. The maximum atomic E-state index is 13.0. The molecule has 1 amide bonds. The lowest BCUT2D eigenvalue weighted by Gasteiger charge is -2.36. The van der Waals surface area contributed by atoms with Crippen molar-refractivity contribution in [1.29, 1.82) is 0 Å². The summed E-state index contributed by atoms with van der Waals surface area (Å²) in [5, 5.41) is 3.09. The van der Waals surface area contributed by atoms with Crippen molar-refractivity contribution in [2.75, 3.05) is 26.4 Å². The summed E-state index contributed by atoms with van der Waals surface area (Å²) in [5.41, 5.74) is 0.545. The molecule has 0 radical (unpaired) electrons.